The largest absolute Gasteiger partial charge is 0.278 e. The predicted octanol–water partition coefficient (Wildman–Crippen LogP) is 12.1. The average Bonchev–Trinajstić information content (AvgIpc) is 3.57. The lowest BCUT2D eigenvalue weighted by Gasteiger charge is -2.14. The Balaban J connectivity index is 1.17. The molecular weight excluding hydrogens is 647 g/mol. The molecule has 12 aromatic rings. The Bertz CT molecular complexity index is 3440. The molecule has 5 heteroatoms. The van der Waals surface area contributed by atoms with E-state index in [1.165, 1.54) is 53.9 Å². The second kappa shape index (κ2) is 10.6. The first-order valence-electron chi connectivity index (χ1n) is 17.9. The highest BCUT2D eigenvalue weighted by molar-refractivity contribution is 6.27. The highest BCUT2D eigenvalue weighted by Gasteiger charge is 2.19. The van der Waals surface area contributed by atoms with E-state index in [1.54, 1.807) is 0 Å². The number of hydrogen-bond donors (Lipinski definition) is 0. The highest BCUT2D eigenvalue weighted by atomic mass is 15.2. The Morgan fingerprint density at radius 2 is 0.792 bits per heavy atom. The van der Waals surface area contributed by atoms with Crippen LogP contribution in [0.4, 0.5) is 0 Å². The molecule has 0 saturated heterocycles. The van der Waals surface area contributed by atoms with Gasteiger partial charge < -0.3 is 0 Å². The van der Waals surface area contributed by atoms with Crippen molar-refractivity contribution in [3.05, 3.63) is 164 Å². The molecule has 0 N–H and O–H groups in total. The number of fused-ring (bicyclic) bond motifs is 16. The maximum atomic E-state index is 5.40. The van der Waals surface area contributed by atoms with Crippen molar-refractivity contribution in [2.75, 3.05) is 0 Å². The number of benzene rings is 9. The summed E-state index contributed by atoms with van der Waals surface area (Å²) in [7, 11) is 0. The first kappa shape index (κ1) is 28.5. The Labute approximate surface area is 302 Å². The molecule has 0 aliphatic rings. The van der Waals surface area contributed by atoms with Crippen molar-refractivity contribution in [2.45, 2.75) is 0 Å². The van der Waals surface area contributed by atoms with Gasteiger partial charge in [-0.05, 0) is 84.2 Å². The van der Waals surface area contributed by atoms with Crippen LogP contribution in [0, 0.1) is 0 Å². The Morgan fingerprint density at radius 3 is 1.40 bits per heavy atom. The van der Waals surface area contributed by atoms with Gasteiger partial charge in [-0.1, -0.05) is 121 Å². The van der Waals surface area contributed by atoms with Crippen LogP contribution in [-0.4, -0.2) is 24.5 Å². The first-order valence-corrected chi connectivity index (χ1v) is 17.9. The lowest BCUT2D eigenvalue weighted by Crippen LogP contribution is -2.02. The SMILES string of the molecule is c1ccc2cc3c(cc2c1)c1cnc(-c2ccc4c5ccccc5c5ccccc5c4c2)nc1c1nc(-n2c4ccccc4c4ccccc42)ncc31. The second-order valence-corrected chi connectivity index (χ2v) is 13.9. The third-order valence-corrected chi connectivity index (χ3v) is 11.0. The molecule has 3 aromatic heterocycles. The van der Waals surface area contributed by atoms with Crippen LogP contribution in [0.2, 0.25) is 0 Å². The molecule has 9 aromatic carbocycles. The second-order valence-electron chi connectivity index (χ2n) is 13.9. The zero-order chi connectivity index (χ0) is 34.6. The van der Waals surface area contributed by atoms with Gasteiger partial charge in [0.05, 0.1) is 11.0 Å². The van der Waals surface area contributed by atoms with E-state index < -0.39 is 0 Å². The van der Waals surface area contributed by atoms with Crippen molar-refractivity contribution in [3.8, 4) is 17.3 Å². The number of aromatic nitrogens is 5. The maximum Gasteiger partial charge on any atom is 0.235 e. The predicted molar refractivity (Wildman–Crippen MR) is 220 cm³/mol. The van der Waals surface area contributed by atoms with Crippen molar-refractivity contribution in [2.24, 2.45) is 0 Å². The third kappa shape index (κ3) is 4.02. The number of para-hydroxylation sites is 2. The summed E-state index contributed by atoms with van der Waals surface area (Å²) >= 11 is 0. The van der Waals surface area contributed by atoms with E-state index >= 15 is 0 Å². The minimum atomic E-state index is 0.612. The zero-order valence-corrected chi connectivity index (χ0v) is 28.3. The van der Waals surface area contributed by atoms with Crippen LogP contribution in [0.5, 0.6) is 0 Å². The molecule has 0 spiro atoms. The molecule has 0 atom stereocenters. The van der Waals surface area contributed by atoms with E-state index in [0.717, 1.165) is 49.2 Å². The molecule has 0 unspecified atom stereocenters. The molecule has 244 valence electrons. The third-order valence-electron chi connectivity index (χ3n) is 11.0. The van der Waals surface area contributed by atoms with Gasteiger partial charge in [-0.2, -0.15) is 0 Å². The standard InChI is InChI=1S/C48H27N5/c1-2-12-29-24-40-39(23-28(29)11-1)41-26-49-47(30-21-22-35-33-15-4-3-13-31(33)32-14-5-6-16-34(32)38(35)25-30)51-45(41)46-42(40)27-50-48(52-46)53-43-19-9-7-17-36(43)37-18-8-10-20-44(37)53/h1-27H. The summed E-state index contributed by atoms with van der Waals surface area (Å²) in [5.74, 6) is 1.27. The average molecular weight is 674 g/mol. The Hall–Kier alpha value is -7.24. The summed E-state index contributed by atoms with van der Waals surface area (Å²) in [5, 5.41) is 16.1. The van der Waals surface area contributed by atoms with Gasteiger partial charge in [0.1, 0.15) is 11.0 Å². The van der Waals surface area contributed by atoms with E-state index in [9.17, 15) is 0 Å². The van der Waals surface area contributed by atoms with Crippen LogP contribution < -0.4 is 0 Å². The minimum absolute atomic E-state index is 0.612. The fraction of sp³-hybridized carbons (Fsp3) is 0. The Morgan fingerprint density at radius 1 is 0.340 bits per heavy atom. The van der Waals surface area contributed by atoms with Crippen LogP contribution in [0.15, 0.2) is 164 Å². The van der Waals surface area contributed by atoms with Gasteiger partial charge in [-0.25, -0.2) is 19.9 Å². The van der Waals surface area contributed by atoms with Gasteiger partial charge in [0, 0.05) is 39.5 Å². The van der Waals surface area contributed by atoms with Gasteiger partial charge in [0.25, 0.3) is 0 Å². The van der Waals surface area contributed by atoms with Crippen molar-refractivity contribution < 1.29 is 0 Å². The van der Waals surface area contributed by atoms with Crippen molar-refractivity contribution in [1.29, 1.82) is 0 Å². The van der Waals surface area contributed by atoms with Gasteiger partial charge in [0.2, 0.25) is 5.95 Å². The summed E-state index contributed by atoms with van der Waals surface area (Å²) in [6.07, 6.45) is 3.96. The van der Waals surface area contributed by atoms with Crippen LogP contribution in [0.1, 0.15) is 0 Å². The van der Waals surface area contributed by atoms with Crippen LogP contribution in [-0.2, 0) is 0 Å². The Kier molecular flexibility index (Phi) is 5.71. The fourth-order valence-corrected chi connectivity index (χ4v) is 8.63. The molecular formula is C48H27N5. The lowest BCUT2D eigenvalue weighted by atomic mass is 9.93. The van der Waals surface area contributed by atoms with E-state index in [2.05, 4.69) is 156 Å². The van der Waals surface area contributed by atoms with Crippen LogP contribution in [0.3, 0.4) is 0 Å². The van der Waals surface area contributed by atoms with E-state index in [0.29, 0.717) is 11.8 Å². The molecule has 0 aliphatic heterocycles. The zero-order valence-electron chi connectivity index (χ0n) is 28.3. The molecule has 3 heterocycles. The summed E-state index contributed by atoms with van der Waals surface area (Å²) in [5.41, 5.74) is 4.70. The highest BCUT2D eigenvalue weighted by Crippen LogP contribution is 2.40. The quantitative estimate of drug-likeness (QED) is 0.135. The molecule has 12 rings (SSSR count). The molecule has 0 radical (unpaired) electrons. The van der Waals surface area contributed by atoms with Gasteiger partial charge in [0.15, 0.2) is 5.82 Å². The van der Waals surface area contributed by atoms with Crippen LogP contribution in [0.25, 0.3) is 115 Å². The number of nitrogens with zero attached hydrogens (tertiary/aromatic N) is 5. The van der Waals surface area contributed by atoms with Crippen LogP contribution >= 0.6 is 0 Å². The van der Waals surface area contributed by atoms with Crippen molar-refractivity contribution in [1.82, 2.24) is 24.5 Å². The molecule has 53 heavy (non-hydrogen) atoms. The van der Waals surface area contributed by atoms with E-state index in [1.807, 2.05) is 12.4 Å². The van der Waals surface area contributed by atoms with Crippen molar-refractivity contribution in [3.63, 3.8) is 0 Å². The molecule has 0 bridgehead atoms. The summed E-state index contributed by atoms with van der Waals surface area (Å²) in [6, 6.07) is 53.9. The van der Waals surface area contributed by atoms with E-state index in [4.69, 9.17) is 19.9 Å². The fourth-order valence-electron chi connectivity index (χ4n) is 8.63. The monoisotopic (exact) mass is 673 g/mol. The van der Waals surface area contributed by atoms with Gasteiger partial charge >= 0.3 is 0 Å². The molecule has 0 saturated carbocycles. The minimum Gasteiger partial charge on any atom is -0.278 e. The number of rotatable bonds is 2. The molecule has 0 fully saturated rings. The number of hydrogen-bond acceptors (Lipinski definition) is 4. The topological polar surface area (TPSA) is 56.5 Å². The van der Waals surface area contributed by atoms with E-state index in [-0.39, 0.29) is 0 Å². The maximum absolute atomic E-state index is 5.40. The molecule has 5 nitrogen and oxygen atoms in total. The van der Waals surface area contributed by atoms with Gasteiger partial charge in [-0.15, -0.1) is 0 Å². The molecule has 0 aliphatic carbocycles. The normalized spacial score (nSPS) is 12.2. The first-order chi connectivity index (χ1) is 26.3. The summed E-state index contributed by atoms with van der Waals surface area (Å²) in [4.78, 5) is 20.9. The summed E-state index contributed by atoms with van der Waals surface area (Å²) < 4.78 is 2.17. The smallest absolute Gasteiger partial charge is 0.235 e. The lowest BCUT2D eigenvalue weighted by molar-refractivity contribution is 1.01. The van der Waals surface area contributed by atoms with Gasteiger partial charge in [-0.3, -0.25) is 4.57 Å². The molecule has 0 amide bonds. The summed E-state index contributed by atoms with van der Waals surface area (Å²) in [6.45, 7) is 0. The van der Waals surface area contributed by atoms with Crippen molar-refractivity contribution >= 4 is 97.5 Å².